The largest absolute Gasteiger partial charge is 0.371 e. The van der Waals surface area contributed by atoms with Crippen molar-refractivity contribution >= 4 is 11.6 Å². The number of pyridine rings is 1. The summed E-state index contributed by atoms with van der Waals surface area (Å²) in [6.45, 7) is 5.95. The zero-order valence-electron chi connectivity index (χ0n) is 11.3. The molecule has 2 heterocycles. The van der Waals surface area contributed by atoms with Crippen molar-refractivity contribution in [3.8, 4) is 0 Å². The van der Waals surface area contributed by atoms with E-state index in [-0.39, 0.29) is 11.6 Å². The van der Waals surface area contributed by atoms with Crippen molar-refractivity contribution in [3.05, 3.63) is 17.7 Å². The van der Waals surface area contributed by atoms with Crippen LogP contribution in [0.1, 0.15) is 13.3 Å². The number of likely N-dealkylation sites (tertiary alicyclic amines) is 1. The minimum Gasteiger partial charge on any atom is -0.371 e. The first kappa shape index (κ1) is 14.0. The van der Waals surface area contributed by atoms with Crippen molar-refractivity contribution in [1.82, 2.24) is 9.88 Å². The quantitative estimate of drug-likeness (QED) is 0.860. The first-order valence-corrected chi connectivity index (χ1v) is 6.64. The van der Waals surface area contributed by atoms with E-state index in [9.17, 15) is 8.78 Å². The lowest BCUT2D eigenvalue weighted by molar-refractivity contribution is 0.345. The predicted molar refractivity (Wildman–Crippen MR) is 72.4 cm³/mol. The van der Waals surface area contributed by atoms with Gasteiger partial charge in [0.1, 0.15) is 0 Å². The van der Waals surface area contributed by atoms with E-state index in [1.165, 1.54) is 0 Å². The molecule has 0 spiro atoms. The summed E-state index contributed by atoms with van der Waals surface area (Å²) >= 11 is 0. The highest BCUT2D eigenvalue weighted by atomic mass is 19.1. The molecule has 0 bridgehead atoms. The summed E-state index contributed by atoms with van der Waals surface area (Å²) in [5.74, 6) is -0.666. The van der Waals surface area contributed by atoms with E-state index in [0.29, 0.717) is 12.5 Å². The van der Waals surface area contributed by atoms with E-state index in [0.717, 1.165) is 32.1 Å². The lowest BCUT2D eigenvalue weighted by Crippen LogP contribution is -2.23. The molecule has 2 rings (SSSR count). The molecule has 1 aliphatic heterocycles. The minimum atomic E-state index is -0.677. The third-order valence-electron chi connectivity index (χ3n) is 3.54. The molecule has 1 aromatic heterocycles. The van der Waals surface area contributed by atoms with Crippen molar-refractivity contribution in [2.75, 3.05) is 43.9 Å². The van der Waals surface area contributed by atoms with Gasteiger partial charge >= 0.3 is 0 Å². The molecule has 4 nitrogen and oxygen atoms in total. The van der Waals surface area contributed by atoms with Crippen molar-refractivity contribution in [2.45, 2.75) is 13.3 Å². The molecule has 1 unspecified atom stereocenters. The van der Waals surface area contributed by atoms with E-state index in [4.69, 9.17) is 0 Å². The van der Waals surface area contributed by atoms with Crippen molar-refractivity contribution < 1.29 is 8.78 Å². The van der Waals surface area contributed by atoms with Gasteiger partial charge in [-0.2, -0.15) is 0 Å². The molecule has 1 fully saturated rings. The number of hydrogen-bond acceptors (Lipinski definition) is 4. The van der Waals surface area contributed by atoms with Gasteiger partial charge in [-0.05, 0) is 25.4 Å². The molecule has 6 heteroatoms. The third kappa shape index (κ3) is 3.32. The third-order valence-corrected chi connectivity index (χ3v) is 3.54. The van der Waals surface area contributed by atoms with Gasteiger partial charge < -0.3 is 15.5 Å². The highest BCUT2D eigenvalue weighted by Gasteiger charge is 2.21. The molecular formula is C13H20F2N4. The first-order chi connectivity index (χ1) is 9.13. The fourth-order valence-electron chi connectivity index (χ4n) is 2.37. The van der Waals surface area contributed by atoms with E-state index in [1.807, 2.05) is 0 Å². The number of halogens is 2. The maximum Gasteiger partial charge on any atom is 0.168 e. The molecule has 0 saturated carbocycles. The second-order valence-electron chi connectivity index (χ2n) is 4.83. The topological polar surface area (TPSA) is 40.2 Å². The summed E-state index contributed by atoms with van der Waals surface area (Å²) in [7, 11) is 1.56. The van der Waals surface area contributed by atoms with Crippen LogP contribution >= 0.6 is 0 Å². The van der Waals surface area contributed by atoms with Crippen LogP contribution in [0.3, 0.4) is 0 Å². The molecule has 2 N–H and O–H groups in total. The highest BCUT2D eigenvalue weighted by Crippen LogP contribution is 2.20. The van der Waals surface area contributed by atoms with E-state index in [1.54, 1.807) is 7.05 Å². The van der Waals surface area contributed by atoms with Gasteiger partial charge in [-0.1, -0.05) is 6.92 Å². The highest BCUT2D eigenvalue weighted by molar-refractivity contribution is 5.47. The van der Waals surface area contributed by atoms with Gasteiger partial charge in [0.2, 0.25) is 0 Å². The molecular weight excluding hydrogens is 250 g/mol. The molecule has 0 aromatic carbocycles. The van der Waals surface area contributed by atoms with Crippen LogP contribution in [0.4, 0.5) is 20.4 Å². The maximum atomic E-state index is 13.6. The van der Waals surface area contributed by atoms with Gasteiger partial charge in [0.25, 0.3) is 0 Å². The van der Waals surface area contributed by atoms with Crippen molar-refractivity contribution in [3.63, 3.8) is 0 Å². The van der Waals surface area contributed by atoms with Crippen LogP contribution in [0.15, 0.2) is 6.07 Å². The standard InChI is InChI=1S/C13H20F2N4/c1-3-19-5-4-9(8-19)7-17-13-11(15)6-10(14)12(16-2)18-13/h6,9H,3-5,7-8H2,1-2H3,(H2,16,17,18). The second-order valence-corrected chi connectivity index (χ2v) is 4.83. The SMILES string of the molecule is CCN1CCC(CNc2nc(NC)c(F)cc2F)C1. The molecule has 0 aliphatic carbocycles. The van der Waals surface area contributed by atoms with E-state index in [2.05, 4.69) is 27.4 Å². The Morgan fingerprint density at radius 2 is 2.11 bits per heavy atom. The van der Waals surface area contributed by atoms with Gasteiger partial charge in [0.15, 0.2) is 23.3 Å². The summed E-state index contributed by atoms with van der Waals surface area (Å²) in [5, 5.41) is 5.59. The number of nitrogens with zero attached hydrogens (tertiary/aromatic N) is 2. The molecule has 1 aliphatic rings. The van der Waals surface area contributed by atoms with Crippen LogP contribution in [-0.4, -0.2) is 43.1 Å². The second kappa shape index (κ2) is 6.14. The number of nitrogens with one attached hydrogen (secondary N) is 2. The fraction of sp³-hybridized carbons (Fsp3) is 0.615. The zero-order valence-corrected chi connectivity index (χ0v) is 11.3. The smallest absolute Gasteiger partial charge is 0.168 e. The predicted octanol–water partition coefficient (Wildman–Crippen LogP) is 2.16. The van der Waals surface area contributed by atoms with Crippen LogP contribution in [0, 0.1) is 17.6 Å². The molecule has 19 heavy (non-hydrogen) atoms. The Bertz CT molecular complexity index is 439. The van der Waals surface area contributed by atoms with Gasteiger partial charge in [-0.25, -0.2) is 13.8 Å². The minimum absolute atomic E-state index is 0.0607. The van der Waals surface area contributed by atoms with Crippen LogP contribution < -0.4 is 10.6 Å². The van der Waals surface area contributed by atoms with Gasteiger partial charge in [0.05, 0.1) is 0 Å². The maximum absolute atomic E-state index is 13.6. The summed E-state index contributed by atoms with van der Waals surface area (Å²) in [6, 6.07) is 0.855. The van der Waals surface area contributed by atoms with E-state index < -0.39 is 11.6 Å². The van der Waals surface area contributed by atoms with Crippen molar-refractivity contribution in [1.29, 1.82) is 0 Å². The number of rotatable bonds is 5. The first-order valence-electron chi connectivity index (χ1n) is 6.64. The van der Waals surface area contributed by atoms with Gasteiger partial charge in [0, 0.05) is 26.2 Å². The average Bonchev–Trinajstić information content (AvgIpc) is 2.86. The molecule has 1 atom stereocenters. The molecule has 1 saturated heterocycles. The van der Waals surface area contributed by atoms with Gasteiger partial charge in [-0.3, -0.25) is 0 Å². The van der Waals surface area contributed by atoms with Gasteiger partial charge in [-0.15, -0.1) is 0 Å². The summed E-state index contributed by atoms with van der Waals surface area (Å²) in [5.41, 5.74) is 0. The summed E-state index contributed by atoms with van der Waals surface area (Å²) < 4.78 is 26.8. The summed E-state index contributed by atoms with van der Waals surface area (Å²) in [6.07, 6.45) is 1.10. The summed E-state index contributed by atoms with van der Waals surface area (Å²) in [4.78, 5) is 6.27. The lowest BCUT2D eigenvalue weighted by atomic mass is 10.1. The van der Waals surface area contributed by atoms with Crippen LogP contribution in [0.5, 0.6) is 0 Å². The Balaban J connectivity index is 1.96. The molecule has 106 valence electrons. The Kier molecular flexibility index (Phi) is 4.52. The Hall–Kier alpha value is -1.43. The number of anilines is 2. The number of hydrogen-bond donors (Lipinski definition) is 2. The van der Waals surface area contributed by atoms with E-state index >= 15 is 0 Å². The Labute approximate surface area is 112 Å². The molecule has 0 amide bonds. The Morgan fingerprint density at radius 3 is 2.74 bits per heavy atom. The lowest BCUT2D eigenvalue weighted by Gasteiger charge is -2.15. The molecule has 1 aromatic rings. The van der Waals surface area contributed by atoms with Crippen LogP contribution in [0.25, 0.3) is 0 Å². The fourth-order valence-corrected chi connectivity index (χ4v) is 2.37. The normalized spacial score (nSPS) is 19.7. The number of aromatic nitrogens is 1. The Morgan fingerprint density at radius 1 is 1.37 bits per heavy atom. The average molecular weight is 270 g/mol. The molecule has 0 radical (unpaired) electrons. The van der Waals surface area contributed by atoms with Crippen molar-refractivity contribution in [2.24, 2.45) is 5.92 Å². The zero-order chi connectivity index (χ0) is 13.8. The van der Waals surface area contributed by atoms with Crippen LogP contribution in [0.2, 0.25) is 0 Å². The monoisotopic (exact) mass is 270 g/mol. The van der Waals surface area contributed by atoms with Crippen LogP contribution in [-0.2, 0) is 0 Å².